The third-order valence-electron chi connectivity index (χ3n) is 5.86. The van der Waals surface area contributed by atoms with Gasteiger partial charge in [-0.1, -0.05) is 24.3 Å². The van der Waals surface area contributed by atoms with Crippen LogP contribution in [0.5, 0.6) is 5.75 Å². The zero-order chi connectivity index (χ0) is 24.5. The summed E-state index contributed by atoms with van der Waals surface area (Å²) in [6.45, 7) is 1.79. The summed E-state index contributed by atoms with van der Waals surface area (Å²) in [5, 5.41) is 9.52. The summed E-state index contributed by atoms with van der Waals surface area (Å²) in [6.07, 6.45) is 1.73. The first-order valence-electron chi connectivity index (χ1n) is 10.6. The highest BCUT2D eigenvalue weighted by atomic mass is 32.2. The van der Waals surface area contributed by atoms with Crippen molar-refractivity contribution in [2.45, 2.75) is 26.0 Å². The highest BCUT2D eigenvalue weighted by Gasteiger charge is 2.43. The first-order valence-corrected chi connectivity index (χ1v) is 12.4. The van der Waals surface area contributed by atoms with Crippen molar-refractivity contribution < 1.29 is 27.1 Å². The summed E-state index contributed by atoms with van der Waals surface area (Å²) in [4.78, 5) is 26.9. The molecule has 174 valence electrons. The molecule has 1 saturated heterocycles. The highest BCUT2D eigenvalue weighted by molar-refractivity contribution is 7.91. The number of amides is 2. The van der Waals surface area contributed by atoms with Crippen LogP contribution in [0.1, 0.15) is 24.5 Å². The number of carbonyl (C=O) groups excluding carboxylic acids is 2. The van der Waals surface area contributed by atoms with Crippen LogP contribution in [0.2, 0.25) is 0 Å². The van der Waals surface area contributed by atoms with Crippen molar-refractivity contribution in [2.75, 3.05) is 11.5 Å². The van der Waals surface area contributed by atoms with Crippen LogP contribution in [0.3, 0.4) is 0 Å². The molecule has 34 heavy (non-hydrogen) atoms. The Bertz CT molecular complexity index is 1350. The van der Waals surface area contributed by atoms with E-state index in [0.717, 1.165) is 10.5 Å². The average molecular weight is 481 g/mol. The molecule has 2 aliphatic rings. The number of hydrogen-bond donors (Lipinski definition) is 0. The van der Waals surface area contributed by atoms with E-state index in [9.17, 15) is 27.7 Å². The van der Waals surface area contributed by atoms with Crippen LogP contribution in [0.25, 0.3) is 6.08 Å². The van der Waals surface area contributed by atoms with Crippen molar-refractivity contribution in [3.8, 4) is 11.8 Å². The van der Waals surface area contributed by atoms with E-state index in [-0.39, 0.29) is 47.1 Å². The zero-order valence-electron chi connectivity index (χ0n) is 18.3. The number of nitrogens with zero attached hydrogens (tertiary/aromatic N) is 2. The lowest BCUT2D eigenvalue weighted by atomic mass is 9.92. The molecule has 9 heteroatoms. The van der Waals surface area contributed by atoms with Crippen LogP contribution in [0.4, 0.5) is 4.39 Å². The van der Waals surface area contributed by atoms with Crippen LogP contribution in [-0.4, -0.2) is 42.7 Å². The predicted octanol–water partition coefficient (Wildman–Crippen LogP) is 3.18. The molecule has 1 fully saturated rings. The molecule has 2 heterocycles. The Morgan fingerprint density at radius 2 is 1.79 bits per heavy atom. The van der Waals surface area contributed by atoms with Gasteiger partial charge >= 0.3 is 0 Å². The van der Waals surface area contributed by atoms with Crippen molar-refractivity contribution in [2.24, 2.45) is 0 Å². The van der Waals surface area contributed by atoms with Crippen LogP contribution in [0, 0.1) is 17.1 Å². The SMILES string of the molecule is CC1=C(C#N)C(=O)N([C@@H]2CCS(=O)(=O)C2)C(=O)/C1=C\c1ccc(OCc2ccc(F)cc2)cc1. The maximum absolute atomic E-state index is 13.2. The first-order chi connectivity index (χ1) is 16.2. The summed E-state index contributed by atoms with van der Waals surface area (Å²) >= 11 is 0. The van der Waals surface area contributed by atoms with Gasteiger partial charge < -0.3 is 4.74 Å². The number of ether oxygens (including phenoxy) is 1. The molecule has 4 rings (SSSR count). The van der Waals surface area contributed by atoms with Gasteiger partial charge in [0, 0.05) is 5.57 Å². The van der Waals surface area contributed by atoms with Crippen molar-refractivity contribution in [1.29, 1.82) is 5.26 Å². The van der Waals surface area contributed by atoms with Gasteiger partial charge in [-0.15, -0.1) is 0 Å². The molecular formula is C25H21FN2O5S. The highest BCUT2D eigenvalue weighted by Crippen LogP contribution is 2.31. The molecule has 0 aromatic heterocycles. The number of halogens is 1. The predicted molar refractivity (Wildman–Crippen MR) is 122 cm³/mol. The van der Waals surface area contributed by atoms with Crippen LogP contribution in [0.15, 0.2) is 65.3 Å². The number of carbonyl (C=O) groups is 2. The zero-order valence-corrected chi connectivity index (χ0v) is 19.1. The molecule has 0 spiro atoms. The smallest absolute Gasteiger partial charge is 0.271 e. The summed E-state index contributed by atoms with van der Waals surface area (Å²) in [7, 11) is -3.34. The Hall–Kier alpha value is -3.77. The van der Waals surface area contributed by atoms with Crippen LogP contribution in [-0.2, 0) is 26.0 Å². The van der Waals surface area contributed by atoms with E-state index in [4.69, 9.17) is 4.74 Å². The monoisotopic (exact) mass is 480 g/mol. The first kappa shape index (κ1) is 23.4. The fourth-order valence-corrected chi connectivity index (χ4v) is 5.68. The third kappa shape index (κ3) is 4.77. The van der Waals surface area contributed by atoms with Gasteiger partial charge in [0.15, 0.2) is 9.84 Å². The number of imide groups is 1. The molecule has 2 amide bonds. The minimum absolute atomic E-state index is 0.0995. The second kappa shape index (κ2) is 9.23. The molecule has 2 aliphatic heterocycles. The lowest BCUT2D eigenvalue weighted by Gasteiger charge is -2.31. The summed E-state index contributed by atoms with van der Waals surface area (Å²) in [5.41, 5.74) is 1.70. The number of rotatable bonds is 5. The summed E-state index contributed by atoms with van der Waals surface area (Å²) < 4.78 is 42.5. The van der Waals surface area contributed by atoms with Gasteiger partial charge in [0.05, 0.1) is 17.5 Å². The summed E-state index contributed by atoms with van der Waals surface area (Å²) in [5.74, 6) is -1.52. The maximum Gasteiger partial charge on any atom is 0.271 e. The quantitative estimate of drug-likeness (QED) is 0.481. The normalized spacial score (nSPS) is 21.1. The number of sulfone groups is 1. The van der Waals surface area contributed by atoms with E-state index < -0.39 is 27.7 Å². The Labute approximate surface area is 196 Å². The van der Waals surface area contributed by atoms with Crippen molar-refractivity contribution in [1.82, 2.24) is 4.90 Å². The Morgan fingerprint density at radius 1 is 1.12 bits per heavy atom. The molecule has 2 aromatic carbocycles. The van der Waals surface area contributed by atoms with Crippen molar-refractivity contribution in [3.05, 3.63) is 82.2 Å². The Balaban J connectivity index is 1.57. The van der Waals surface area contributed by atoms with Gasteiger partial charge in [0.1, 0.15) is 29.8 Å². The molecule has 0 saturated carbocycles. The lowest BCUT2D eigenvalue weighted by molar-refractivity contribution is -0.142. The fraction of sp³-hybridized carbons (Fsp3) is 0.240. The molecular weight excluding hydrogens is 459 g/mol. The van der Waals surface area contributed by atoms with E-state index in [1.165, 1.54) is 19.1 Å². The van der Waals surface area contributed by atoms with E-state index in [1.807, 2.05) is 6.07 Å². The van der Waals surface area contributed by atoms with E-state index >= 15 is 0 Å². The van der Waals surface area contributed by atoms with Crippen molar-refractivity contribution >= 4 is 27.7 Å². The molecule has 1 atom stereocenters. The van der Waals surface area contributed by atoms with E-state index in [1.54, 1.807) is 42.5 Å². The molecule has 0 aliphatic carbocycles. The van der Waals surface area contributed by atoms with Crippen molar-refractivity contribution in [3.63, 3.8) is 0 Å². The molecule has 0 N–H and O–H groups in total. The van der Waals surface area contributed by atoms with Gasteiger partial charge in [-0.3, -0.25) is 14.5 Å². The van der Waals surface area contributed by atoms with Gasteiger partial charge in [-0.25, -0.2) is 12.8 Å². The van der Waals surface area contributed by atoms with Crippen LogP contribution >= 0.6 is 0 Å². The Morgan fingerprint density at radius 3 is 2.38 bits per heavy atom. The van der Waals surface area contributed by atoms with Gasteiger partial charge in [0.25, 0.3) is 11.8 Å². The van der Waals surface area contributed by atoms with Gasteiger partial charge in [-0.2, -0.15) is 5.26 Å². The maximum atomic E-state index is 13.2. The second-order valence-corrected chi connectivity index (χ2v) is 10.4. The molecule has 0 radical (unpaired) electrons. The minimum Gasteiger partial charge on any atom is -0.489 e. The molecule has 0 bridgehead atoms. The Kier molecular flexibility index (Phi) is 6.35. The number of benzene rings is 2. The molecule has 0 unspecified atom stereocenters. The molecule has 2 aromatic rings. The van der Waals surface area contributed by atoms with E-state index in [2.05, 4.69) is 0 Å². The third-order valence-corrected chi connectivity index (χ3v) is 7.61. The number of hydrogen-bond acceptors (Lipinski definition) is 6. The largest absolute Gasteiger partial charge is 0.489 e. The van der Waals surface area contributed by atoms with Gasteiger partial charge in [0.2, 0.25) is 0 Å². The second-order valence-electron chi connectivity index (χ2n) is 8.19. The fourth-order valence-electron chi connectivity index (χ4n) is 3.98. The average Bonchev–Trinajstić information content (AvgIpc) is 3.16. The lowest BCUT2D eigenvalue weighted by Crippen LogP contribution is -2.49. The standard InChI is InChI=1S/C25H21FN2O5S/c1-16-22(24(29)28(25(30)23(16)13-27)20-10-11-34(31,32)15-20)12-17-4-8-21(9-5-17)33-14-18-2-6-19(26)7-3-18/h2-9,12,20H,10-11,14-15H2,1H3/b22-12-/t20-/m1/s1. The van der Waals surface area contributed by atoms with Crippen LogP contribution < -0.4 is 4.74 Å². The molecule has 7 nitrogen and oxygen atoms in total. The van der Waals surface area contributed by atoms with E-state index in [0.29, 0.717) is 11.3 Å². The summed E-state index contributed by atoms with van der Waals surface area (Å²) in [6, 6.07) is 13.9. The number of nitriles is 1. The minimum atomic E-state index is -3.34. The topological polar surface area (TPSA) is 105 Å². The van der Waals surface area contributed by atoms with Gasteiger partial charge in [-0.05, 0) is 60.4 Å².